The monoisotopic (exact) mass is 314 g/mol. The van der Waals surface area contributed by atoms with E-state index in [1.54, 1.807) is 7.11 Å². The van der Waals surface area contributed by atoms with Gasteiger partial charge in [0.05, 0.1) is 18.2 Å². The van der Waals surface area contributed by atoms with Crippen LogP contribution in [0.4, 0.5) is 5.95 Å². The number of nitrogens with two attached hydrogens (primary N) is 1. The van der Waals surface area contributed by atoms with Gasteiger partial charge in [0.25, 0.3) is 5.91 Å². The third-order valence-corrected chi connectivity index (χ3v) is 4.39. The lowest BCUT2D eigenvalue weighted by atomic mass is 10.1. The van der Waals surface area contributed by atoms with Crippen LogP contribution in [0, 0.1) is 0 Å². The molecule has 1 aromatic carbocycles. The van der Waals surface area contributed by atoms with Crippen LogP contribution >= 0.6 is 0 Å². The van der Waals surface area contributed by atoms with Crippen LogP contribution in [0.2, 0.25) is 0 Å². The van der Waals surface area contributed by atoms with Gasteiger partial charge in [0.1, 0.15) is 5.69 Å². The summed E-state index contributed by atoms with van der Waals surface area (Å²) in [6.07, 6.45) is 2.83. The van der Waals surface area contributed by atoms with Gasteiger partial charge in [0.2, 0.25) is 5.95 Å². The van der Waals surface area contributed by atoms with E-state index in [2.05, 4.69) is 16.9 Å². The summed E-state index contributed by atoms with van der Waals surface area (Å²) < 4.78 is 5.24. The Balaban J connectivity index is 2.05. The van der Waals surface area contributed by atoms with Gasteiger partial charge in [-0.15, -0.1) is 0 Å². The molecule has 1 aliphatic rings. The van der Waals surface area contributed by atoms with E-state index in [0.717, 1.165) is 36.8 Å². The summed E-state index contributed by atoms with van der Waals surface area (Å²) in [4.78, 5) is 23.4. The van der Waals surface area contributed by atoms with E-state index in [9.17, 15) is 4.79 Å². The first-order valence-corrected chi connectivity index (χ1v) is 8.00. The Hall–Kier alpha value is -2.21. The Labute approximate surface area is 135 Å². The number of nitrogens with zero attached hydrogens (tertiary/aromatic N) is 3. The number of amides is 1. The maximum atomic E-state index is 13.0. The topological polar surface area (TPSA) is 81.3 Å². The van der Waals surface area contributed by atoms with E-state index in [1.807, 2.05) is 23.1 Å². The highest BCUT2D eigenvalue weighted by Gasteiger charge is 2.31. The van der Waals surface area contributed by atoms with Gasteiger partial charge in [-0.25, -0.2) is 9.97 Å². The predicted molar refractivity (Wildman–Crippen MR) is 89.3 cm³/mol. The molecule has 0 radical (unpaired) electrons. The molecule has 1 saturated heterocycles. The van der Waals surface area contributed by atoms with Crippen LogP contribution in [0.3, 0.4) is 0 Å². The third kappa shape index (κ3) is 2.99. The van der Waals surface area contributed by atoms with Gasteiger partial charge in [-0.3, -0.25) is 4.79 Å². The Morgan fingerprint density at radius 3 is 3.00 bits per heavy atom. The van der Waals surface area contributed by atoms with Crippen LogP contribution in [0.1, 0.15) is 35.8 Å². The number of methoxy groups -OCH3 is 1. The SMILES string of the molecule is CCc1ccc2nc(N)nc(C(=O)N3CCCC3COC)c2c1. The molecule has 122 valence electrons. The Kier molecular flexibility index (Phi) is 4.43. The van der Waals surface area contributed by atoms with Crippen molar-refractivity contribution in [2.45, 2.75) is 32.2 Å². The van der Waals surface area contributed by atoms with Crippen molar-refractivity contribution in [3.63, 3.8) is 0 Å². The second kappa shape index (κ2) is 6.50. The van der Waals surface area contributed by atoms with E-state index >= 15 is 0 Å². The Morgan fingerprint density at radius 2 is 2.26 bits per heavy atom. The molecule has 2 heterocycles. The molecule has 0 saturated carbocycles. The van der Waals surface area contributed by atoms with E-state index in [0.29, 0.717) is 17.8 Å². The lowest BCUT2D eigenvalue weighted by Crippen LogP contribution is -2.38. The normalized spacial score (nSPS) is 17.8. The van der Waals surface area contributed by atoms with E-state index in [1.165, 1.54) is 0 Å². The quantitative estimate of drug-likeness (QED) is 0.934. The molecule has 0 bridgehead atoms. The molecule has 3 rings (SSSR count). The fraction of sp³-hybridized carbons (Fsp3) is 0.471. The summed E-state index contributed by atoms with van der Waals surface area (Å²) in [7, 11) is 1.66. The lowest BCUT2D eigenvalue weighted by Gasteiger charge is -2.24. The number of carbonyl (C=O) groups is 1. The number of hydrogen-bond donors (Lipinski definition) is 1. The van der Waals surface area contributed by atoms with Gasteiger partial charge in [-0.1, -0.05) is 13.0 Å². The molecule has 6 nitrogen and oxygen atoms in total. The van der Waals surface area contributed by atoms with Crippen molar-refractivity contribution in [3.8, 4) is 0 Å². The van der Waals surface area contributed by atoms with Crippen molar-refractivity contribution >= 4 is 22.8 Å². The highest BCUT2D eigenvalue weighted by molar-refractivity contribution is 6.05. The number of likely N-dealkylation sites (tertiary alicyclic amines) is 1. The number of carbonyl (C=O) groups excluding carboxylic acids is 1. The number of anilines is 1. The summed E-state index contributed by atoms with van der Waals surface area (Å²) in [6, 6.07) is 6.00. The van der Waals surface area contributed by atoms with Crippen LogP contribution in [-0.4, -0.2) is 47.1 Å². The number of hydrogen-bond acceptors (Lipinski definition) is 5. The molecule has 23 heavy (non-hydrogen) atoms. The maximum Gasteiger partial charge on any atom is 0.273 e. The number of fused-ring (bicyclic) bond motifs is 1. The van der Waals surface area contributed by atoms with Gasteiger partial charge in [0, 0.05) is 19.0 Å². The summed E-state index contributed by atoms with van der Waals surface area (Å²) in [6.45, 7) is 3.35. The molecule has 0 aliphatic carbocycles. The minimum absolute atomic E-state index is 0.0862. The minimum atomic E-state index is -0.0862. The van der Waals surface area contributed by atoms with Crippen molar-refractivity contribution in [2.75, 3.05) is 26.0 Å². The average molecular weight is 314 g/mol. The van der Waals surface area contributed by atoms with Gasteiger partial charge in [-0.05, 0) is 37.0 Å². The van der Waals surface area contributed by atoms with Crippen molar-refractivity contribution < 1.29 is 9.53 Å². The second-order valence-corrected chi connectivity index (χ2v) is 5.89. The Morgan fingerprint density at radius 1 is 1.43 bits per heavy atom. The largest absolute Gasteiger partial charge is 0.383 e. The standard InChI is InChI=1S/C17H22N4O2/c1-3-11-6-7-14-13(9-11)15(20-17(18)19-14)16(22)21-8-4-5-12(21)10-23-2/h6-7,9,12H,3-5,8,10H2,1-2H3,(H2,18,19,20). The maximum absolute atomic E-state index is 13.0. The number of ether oxygens (including phenoxy) is 1. The molecular weight excluding hydrogens is 292 g/mol. The fourth-order valence-corrected chi connectivity index (χ4v) is 3.18. The smallest absolute Gasteiger partial charge is 0.273 e. The average Bonchev–Trinajstić information content (AvgIpc) is 3.01. The zero-order chi connectivity index (χ0) is 16.4. The molecule has 1 fully saturated rings. The van der Waals surface area contributed by atoms with Crippen LogP contribution < -0.4 is 5.73 Å². The number of rotatable bonds is 4. The highest BCUT2D eigenvalue weighted by atomic mass is 16.5. The van der Waals surface area contributed by atoms with Crippen molar-refractivity contribution in [1.29, 1.82) is 0 Å². The van der Waals surface area contributed by atoms with Crippen LogP contribution in [-0.2, 0) is 11.2 Å². The van der Waals surface area contributed by atoms with Gasteiger partial charge in [0.15, 0.2) is 0 Å². The first-order valence-electron chi connectivity index (χ1n) is 8.00. The molecule has 1 amide bonds. The van der Waals surface area contributed by atoms with Crippen LogP contribution in [0.25, 0.3) is 10.9 Å². The molecule has 1 unspecified atom stereocenters. The first-order chi connectivity index (χ1) is 11.1. The van der Waals surface area contributed by atoms with Gasteiger partial charge < -0.3 is 15.4 Å². The van der Waals surface area contributed by atoms with Gasteiger partial charge >= 0.3 is 0 Å². The lowest BCUT2D eigenvalue weighted by molar-refractivity contribution is 0.0627. The van der Waals surface area contributed by atoms with Crippen molar-refractivity contribution in [1.82, 2.24) is 14.9 Å². The van der Waals surface area contributed by atoms with E-state index in [4.69, 9.17) is 10.5 Å². The number of aromatic nitrogens is 2. The second-order valence-electron chi connectivity index (χ2n) is 5.89. The number of aryl methyl sites for hydroxylation is 1. The number of benzene rings is 1. The molecule has 0 spiro atoms. The number of nitrogen functional groups attached to an aromatic ring is 1. The van der Waals surface area contributed by atoms with Crippen LogP contribution in [0.5, 0.6) is 0 Å². The predicted octanol–water partition coefficient (Wildman–Crippen LogP) is 2.03. The summed E-state index contributed by atoms with van der Waals surface area (Å²) >= 11 is 0. The van der Waals surface area contributed by atoms with Crippen molar-refractivity contribution in [3.05, 3.63) is 29.5 Å². The zero-order valence-electron chi connectivity index (χ0n) is 13.6. The van der Waals surface area contributed by atoms with Gasteiger partial charge in [-0.2, -0.15) is 0 Å². The third-order valence-electron chi connectivity index (χ3n) is 4.39. The van der Waals surface area contributed by atoms with E-state index in [-0.39, 0.29) is 17.9 Å². The highest BCUT2D eigenvalue weighted by Crippen LogP contribution is 2.24. The fourth-order valence-electron chi connectivity index (χ4n) is 3.18. The summed E-state index contributed by atoms with van der Waals surface area (Å²) in [5.41, 5.74) is 8.06. The zero-order valence-corrected chi connectivity index (χ0v) is 13.6. The molecule has 6 heteroatoms. The molecular formula is C17H22N4O2. The van der Waals surface area contributed by atoms with E-state index < -0.39 is 0 Å². The molecule has 1 aromatic heterocycles. The first kappa shape index (κ1) is 15.7. The molecule has 1 atom stereocenters. The summed E-state index contributed by atoms with van der Waals surface area (Å²) in [5, 5.41) is 0.770. The van der Waals surface area contributed by atoms with Crippen molar-refractivity contribution in [2.24, 2.45) is 0 Å². The molecule has 2 aromatic rings. The van der Waals surface area contributed by atoms with Crippen LogP contribution in [0.15, 0.2) is 18.2 Å². The summed E-state index contributed by atoms with van der Waals surface area (Å²) in [5.74, 6) is 0.0458. The molecule has 2 N–H and O–H groups in total. The molecule has 1 aliphatic heterocycles. The minimum Gasteiger partial charge on any atom is -0.383 e. The Bertz CT molecular complexity index is 732.